The SMILES string of the molecule is C=C(C)[C@H]1Cc2c(cc(OC)c3c2O[C@H](c2ccccc2)CC3=O)O1. The summed E-state index contributed by atoms with van der Waals surface area (Å²) in [6, 6.07) is 11.6. The normalized spacial score (nSPS) is 21.0. The Kier molecular flexibility index (Phi) is 3.75. The van der Waals surface area contributed by atoms with Crippen molar-refractivity contribution in [3.05, 3.63) is 65.2 Å². The Morgan fingerprint density at radius 2 is 1.96 bits per heavy atom. The van der Waals surface area contributed by atoms with Crippen molar-refractivity contribution in [2.45, 2.75) is 32.0 Å². The van der Waals surface area contributed by atoms with Crippen molar-refractivity contribution < 1.29 is 19.0 Å². The monoisotopic (exact) mass is 336 g/mol. The van der Waals surface area contributed by atoms with Crippen LogP contribution in [0.3, 0.4) is 0 Å². The smallest absolute Gasteiger partial charge is 0.174 e. The lowest BCUT2D eigenvalue weighted by Crippen LogP contribution is -2.22. The average Bonchev–Trinajstić information content (AvgIpc) is 3.06. The Hall–Kier alpha value is -2.75. The van der Waals surface area contributed by atoms with Gasteiger partial charge in [-0.1, -0.05) is 36.9 Å². The van der Waals surface area contributed by atoms with E-state index in [4.69, 9.17) is 14.2 Å². The standard InChI is InChI=1S/C21H20O4/c1-12(2)16-9-14-18(24-16)11-19(23-3)20-15(22)10-17(25-21(14)20)13-7-5-4-6-8-13/h4-8,11,16-17H,1,9-10H2,2-3H3/t16-,17+/m1/s1. The molecule has 2 aliphatic rings. The fourth-order valence-electron chi connectivity index (χ4n) is 3.47. The van der Waals surface area contributed by atoms with Crippen LogP contribution in [0.2, 0.25) is 0 Å². The average molecular weight is 336 g/mol. The van der Waals surface area contributed by atoms with Crippen LogP contribution in [0.15, 0.2) is 48.6 Å². The first-order valence-electron chi connectivity index (χ1n) is 8.39. The van der Waals surface area contributed by atoms with E-state index in [1.54, 1.807) is 13.2 Å². The fourth-order valence-corrected chi connectivity index (χ4v) is 3.47. The highest BCUT2D eigenvalue weighted by Crippen LogP contribution is 2.49. The number of ether oxygens (including phenoxy) is 3. The molecule has 0 N–H and O–H groups in total. The van der Waals surface area contributed by atoms with Gasteiger partial charge in [0.05, 0.1) is 13.5 Å². The van der Waals surface area contributed by atoms with Crippen LogP contribution in [-0.4, -0.2) is 19.0 Å². The fraction of sp³-hybridized carbons (Fsp3) is 0.286. The van der Waals surface area contributed by atoms with Crippen molar-refractivity contribution in [3.63, 3.8) is 0 Å². The minimum Gasteiger partial charge on any atom is -0.496 e. The highest BCUT2D eigenvalue weighted by Gasteiger charge is 2.37. The van der Waals surface area contributed by atoms with E-state index in [1.165, 1.54) is 0 Å². The number of fused-ring (bicyclic) bond motifs is 3. The number of carbonyl (C=O) groups is 1. The molecular formula is C21H20O4. The lowest BCUT2D eigenvalue weighted by molar-refractivity contribution is 0.0843. The quantitative estimate of drug-likeness (QED) is 0.785. The van der Waals surface area contributed by atoms with Crippen LogP contribution in [0.4, 0.5) is 0 Å². The molecule has 0 aliphatic carbocycles. The minimum absolute atomic E-state index is 0.0357. The van der Waals surface area contributed by atoms with Crippen LogP contribution in [0.25, 0.3) is 0 Å². The van der Waals surface area contributed by atoms with Gasteiger partial charge < -0.3 is 14.2 Å². The molecule has 25 heavy (non-hydrogen) atoms. The minimum atomic E-state index is -0.290. The van der Waals surface area contributed by atoms with E-state index in [0.717, 1.165) is 16.7 Å². The van der Waals surface area contributed by atoms with Gasteiger partial charge in [0.25, 0.3) is 0 Å². The number of rotatable bonds is 3. The van der Waals surface area contributed by atoms with Crippen molar-refractivity contribution in [1.29, 1.82) is 0 Å². The van der Waals surface area contributed by atoms with Crippen molar-refractivity contribution >= 4 is 5.78 Å². The van der Waals surface area contributed by atoms with Gasteiger partial charge in [-0.15, -0.1) is 0 Å². The van der Waals surface area contributed by atoms with Crippen LogP contribution < -0.4 is 14.2 Å². The summed E-state index contributed by atoms with van der Waals surface area (Å²) in [7, 11) is 1.56. The van der Waals surface area contributed by atoms with Crippen molar-refractivity contribution in [2.24, 2.45) is 0 Å². The number of hydrogen-bond acceptors (Lipinski definition) is 4. The number of benzene rings is 2. The van der Waals surface area contributed by atoms with Gasteiger partial charge in [-0.25, -0.2) is 0 Å². The molecule has 128 valence electrons. The molecule has 2 atom stereocenters. The summed E-state index contributed by atoms with van der Waals surface area (Å²) in [5, 5.41) is 0. The molecule has 4 nitrogen and oxygen atoms in total. The molecule has 2 aromatic carbocycles. The highest BCUT2D eigenvalue weighted by atomic mass is 16.5. The third kappa shape index (κ3) is 2.58. The first-order chi connectivity index (χ1) is 12.1. The lowest BCUT2D eigenvalue weighted by Gasteiger charge is -2.28. The van der Waals surface area contributed by atoms with E-state index in [0.29, 0.717) is 35.7 Å². The second-order valence-electron chi connectivity index (χ2n) is 6.56. The van der Waals surface area contributed by atoms with E-state index in [1.807, 2.05) is 37.3 Å². The van der Waals surface area contributed by atoms with E-state index in [9.17, 15) is 4.79 Å². The maximum absolute atomic E-state index is 12.8. The van der Waals surface area contributed by atoms with Gasteiger partial charge in [0.1, 0.15) is 35.0 Å². The molecule has 0 spiro atoms. The number of ketones is 1. The molecule has 4 rings (SSSR count). The summed E-state index contributed by atoms with van der Waals surface area (Å²) in [4.78, 5) is 12.8. The molecule has 0 radical (unpaired) electrons. The summed E-state index contributed by atoms with van der Waals surface area (Å²) in [6.07, 6.45) is 0.575. The summed E-state index contributed by atoms with van der Waals surface area (Å²) < 4.78 is 17.7. The van der Waals surface area contributed by atoms with E-state index >= 15 is 0 Å². The van der Waals surface area contributed by atoms with Crippen LogP contribution in [-0.2, 0) is 6.42 Å². The molecule has 2 aliphatic heterocycles. The zero-order valence-electron chi connectivity index (χ0n) is 14.4. The third-order valence-electron chi connectivity index (χ3n) is 4.82. The third-order valence-corrected chi connectivity index (χ3v) is 4.82. The predicted octanol–water partition coefficient (Wildman–Crippen LogP) is 4.28. The number of hydrogen-bond donors (Lipinski definition) is 0. The molecule has 4 heteroatoms. The second-order valence-corrected chi connectivity index (χ2v) is 6.56. The molecule has 0 unspecified atom stereocenters. The number of methoxy groups -OCH3 is 1. The Labute approximate surface area is 147 Å². The zero-order chi connectivity index (χ0) is 17.6. The summed E-state index contributed by atoms with van der Waals surface area (Å²) in [6.45, 7) is 5.93. The first-order valence-corrected chi connectivity index (χ1v) is 8.39. The van der Waals surface area contributed by atoms with Crippen molar-refractivity contribution in [1.82, 2.24) is 0 Å². The van der Waals surface area contributed by atoms with Gasteiger partial charge in [-0.2, -0.15) is 0 Å². The predicted molar refractivity (Wildman–Crippen MR) is 94.7 cm³/mol. The van der Waals surface area contributed by atoms with Crippen LogP contribution in [0, 0.1) is 0 Å². The van der Waals surface area contributed by atoms with E-state index in [2.05, 4.69) is 6.58 Å². The summed E-state index contributed by atoms with van der Waals surface area (Å²) >= 11 is 0. The summed E-state index contributed by atoms with van der Waals surface area (Å²) in [5.41, 5.74) is 3.40. The molecule has 0 amide bonds. The number of Topliss-reactive ketones (excluding diaryl/α,β-unsaturated/α-hetero) is 1. The Morgan fingerprint density at radius 3 is 2.64 bits per heavy atom. The van der Waals surface area contributed by atoms with Gasteiger partial charge >= 0.3 is 0 Å². The Morgan fingerprint density at radius 1 is 1.20 bits per heavy atom. The first kappa shape index (κ1) is 15.8. The molecule has 0 aromatic heterocycles. The molecule has 0 saturated carbocycles. The van der Waals surface area contributed by atoms with Crippen LogP contribution >= 0.6 is 0 Å². The van der Waals surface area contributed by atoms with Gasteiger partial charge in [-0.05, 0) is 18.1 Å². The van der Waals surface area contributed by atoms with Crippen molar-refractivity contribution in [2.75, 3.05) is 7.11 Å². The highest BCUT2D eigenvalue weighted by molar-refractivity contribution is 6.03. The molecule has 0 saturated heterocycles. The Balaban J connectivity index is 1.81. The zero-order valence-corrected chi connectivity index (χ0v) is 14.4. The summed E-state index contributed by atoms with van der Waals surface area (Å²) in [5.74, 6) is 1.86. The van der Waals surface area contributed by atoms with Crippen LogP contribution in [0.1, 0.15) is 40.9 Å². The van der Waals surface area contributed by atoms with Gasteiger partial charge in [0.15, 0.2) is 5.78 Å². The number of carbonyl (C=O) groups excluding carboxylic acids is 1. The van der Waals surface area contributed by atoms with Gasteiger partial charge in [0, 0.05) is 18.1 Å². The maximum atomic E-state index is 12.8. The molecule has 0 fully saturated rings. The topological polar surface area (TPSA) is 44.8 Å². The molecule has 0 bridgehead atoms. The largest absolute Gasteiger partial charge is 0.496 e. The van der Waals surface area contributed by atoms with Crippen LogP contribution in [0.5, 0.6) is 17.2 Å². The Bertz CT molecular complexity index is 854. The second kappa shape index (κ2) is 5.96. The molecule has 2 heterocycles. The van der Waals surface area contributed by atoms with E-state index < -0.39 is 0 Å². The van der Waals surface area contributed by atoms with E-state index in [-0.39, 0.29) is 18.0 Å². The van der Waals surface area contributed by atoms with Gasteiger partial charge in [0.2, 0.25) is 0 Å². The van der Waals surface area contributed by atoms with Crippen molar-refractivity contribution in [3.8, 4) is 17.2 Å². The maximum Gasteiger partial charge on any atom is 0.174 e. The molecule has 2 aromatic rings. The molecular weight excluding hydrogens is 316 g/mol. The lowest BCUT2D eigenvalue weighted by atomic mass is 9.92. The van der Waals surface area contributed by atoms with Gasteiger partial charge in [-0.3, -0.25) is 4.79 Å².